The molecule has 3 aliphatic carbocycles. The number of nitrogens with one attached hydrogen (secondary N) is 1. The predicted octanol–water partition coefficient (Wildman–Crippen LogP) is 3.39. The number of sulfonamides is 1. The van der Waals surface area contributed by atoms with E-state index in [1.165, 1.54) is 0 Å². The van der Waals surface area contributed by atoms with Crippen molar-refractivity contribution in [2.24, 2.45) is 10.5 Å². The molecule has 0 saturated heterocycles. The normalized spacial score (nSPS) is 31.4. The molecule has 1 aromatic rings. The topological polar surface area (TPSA) is 67.8 Å². The van der Waals surface area contributed by atoms with Crippen LogP contribution in [0.15, 0.2) is 34.3 Å². The van der Waals surface area contributed by atoms with Gasteiger partial charge in [0.2, 0.25) is 0 Å². The van der Waals surface area contributed by atoms with E-state index >= 15 is 0 Å². The molecular formula is C18H26N2O3S. The third-order valence-electron chi connectivity index (χ3n) is 5.53. The first-order valence-electron chi connectivity index (χ1n) is 8.58. The smallest absolute Gasteiger partial charge is 0.276 e. The molecule has 6 heteroatoms. The first kappa shape index (κ1) is 17.4. The number of fused-ring (bicyclic) bond motifs is 3. The molecule has 132 valence electrons. The summed E-state index contributed by atoms with van der Waals surface area (Å²) in [5.41, 5.74) is 1.77. The summed E-state index contributed by atoms with van der Waals surface area (Å²) in [6.45, 7) is 6.80. The van der Waals surface area contributed by atoms with E-state index < -0.39 is 10.0 Å². The van der Waals surface area contributed by atoms with Crippen molar-refractivity contribution in [1.29, 1.82) is 0 Å². The molecule has 0 atom stereocenters. The van der Waals surface area contributed by atoms with Gasteiger partial charge in [-0.15, -0.1) is 0 Å². The third-order valence-corrected chi connectivity index (χ3v) is 6.76. The fraction of sp³-hybridized carbons (Fsp3) is 0.611. The number of rotatable bonds is 5. The van der Waals surface area contributed by atoms with Crippen LogP contribution in [0.25, 0.3) is 0 Å². The minimum Gasteiger partial charge on any atom is -0.375 e. The van der Waals surface area contributed by atoms with Gasteiger partial charge in [0, 0.05) is 24.2 Å². The highest BCUT2D eigenvalue weighted by molar-refractivity contribution is 7.89. The van der Waals surface area contributed by atoms with Gasteiger partial charge in [-0.1, -0.05) is 24.6 Å². The van der Waals surface area contributed by atoms with E-state index in [2.05, 4.69) is 16.9 Å². The van der Waals surface area contributed by atoms with Crippen molar-refractivity contribution < 1.29 is 13.2 Å². The SMILES string of the molecule is CCOC12CCC(C)(CC1)/C(=N\NS(=O)(=O)c1ccc(C)cc1)C2. The zero-order valence-corrected chi connectivity index (χ0v) is 15.4. The van der Waals surface area contributed by atoms with Crippen LogP contribution in [0.1, 0.15) is 51.5 Å². The fourth-order valence-corrected chi connectivity index (χ4v) is 4.63. The van der Waals surface area contributed by atoms with Crippen LogP contribution in [0.5, 0.6) is 0 Å². The maximum atomic E-state index is 12.5. The molecule has 3 aliphatic rings. The minimum absolute atomic E-state index is 0.0192. The molecule has 1 N–H and O–H groups in total. The summed E-state index contributed by atoms with van der Waals surface area (Å²) in [6, 6.07) is 6.79. The van der Waals surface area contributed by atoms with Gasteiger partial charge in [0.25, 0.3) is 10.0 Å². The molecule has 0 amide bonds. The van der Waals surface area contributed by atoms with Crippen LogP contribution < -0.4 is 4.83 Å². The van der Waals surface area contributed by atoms with Crippen molar-refractivity contribution in [3.63, 3.8) is 0 Å². The Labute approximate surface area is 144 Å². The summed E-state index contributed by atoms with van der Waals surface area (Å²) in [4.78, 5) is 2.68. The van der Waals surface area contributed by atoms with Gasteiger partial charge < -0.3 is 4.74 Å². The number of ether oxygens (including phenoxy) is 1. The zero-order chi connectivity index (χ0) is 17.4. The molecule has 0 unspecified atom stereocenters. The van der Waals surface area contributed by atoms with Crippen molar-refractivity contribution in [2.75, 3.05) is 6.61 Å². The van der Waals surface area contributed by atoms with Gasteiger partial charge in [0.1, 0.15) is 0 Å². The summed E-state index contributed by atoms with van der Waals surface area (Å²) < 4.78 is 30.9. The highest BCUT2D eigenvalue weighted by Crippen LogP contribution is 2.52. The van der Waals surface area contributed by atoms with Crippen molar-refractivity contribution in [3.05, 3.63) is 29.8 Å². The van der Waals surface area contributed by atoms with Crippen molar-refractivity contribution in [2.45, 2.75) is 63.4 Å². The van der Waals surface area contributed by atoms with Crippen molar-refractivity contribution in [3.8, 4) is 0 Å². The van der Waals surface area contributed by atoms with Gasteiger partial charge in [-0.25, -0.2) is 4.83 Å². The monoisotopic (exact) mass is 350 g/mol. The number of hydrogen-bond acceptors (Lipinski definition) is 4. The molecule has 0 heterocycles. The Balaban J connectivity index is 1.81. The predicted molar refractivity (Wildman–Crippen MR) is 94.5 cm³/mol. The third kappa shape index (κ3) is 3.22. The Morgan fingerprint density at radius 3 is 2.38 bits per heavy atom. The molecule has 3 fully saturated rings. The summed E-state index contributed by atoms with van der Waals surface area (Å²) in [6.07, 6.45) is 4.77. The van der Waals surface area contributed by atoms with Crippen LogP contribution in [0.4, 0.5) is 0 Å². The first-order valence-corrected chi connectivity index (χ1v) is 10.1. The molecule has 0 aliphatic heterocycles. The summed E-state index contributed by atoms with van der Waals surface area (Å²) in [5, 5.41) is 4.33. The lowest BCUT2D eigenvalue weighted by atomic mass is 9.58. The standard InChI is InChI=1S/C18H26N2O3S/c1-4-23-18-11-9-17(3,10-12-18)16(13-18)19-20-24(21,22)15-7-5-14(2)6-8-15/h5-8,20H,4,9-13H2,1-3H3/b19-16-. The van der Waals surface area contributed by atoms with E-state index in [0.29, 0.717) is 13.0 Å². The van der Waals surface area contributed by atoms with E-state index in [-0.39, 0.29) is 15.9 Å². The van der Waals surface area contributed by atoms with Gasteiger partial charge in [0.05, 0.1) is 10.5 Å². The van der Waals surface area contributed by atoms with Crippen LogP contribution in [-0.2, 0) is 14.8 Å². The number of benzene rings is 1. The molecule has 5 nitrogen and oxygen atoms in total. The lowest BCUT2D eigenvalue weighted by molar-refractivity contribution is -0.0874. The van der Waals surface area contributed by atoms with E-state index in [9.17, 15) is 8.42 Å². The number of hydrogen-bond donors (Lipinski definition) is 1. The number of hydrazone groups is 1. The lowest BCUT2D eigenvalue weighted by Gasteiger charge is -2.52. The van der Waals surface area contributed by atoms with Crippen molar-refractivity contribution in [1.82, 2.24) is 4.83 Å². The largest absolute Gasteiger partial charge is 0.375 e. The van der Waals surface area contributed by atoms with Crippen LogP contribution in [0.2, 0.25) is 0 Å². The highest BCUT2D eigenvalue weighted by atomic mass is 32.2. The average Bonchev–Trinajstić information content (AvgIpc) is 2.55. The van der Waals surface area contributed by atoms with E-state index in [4.69, 9.17) is 4.74 Å². The Kier molecular flexibility index (Phi) is 4.47. The molecule has 4 rings (SSSR count). The van der Waals surface area contributed by atoms with Crippen LogP contribution in [-0.4, -0.2) is 26.3 Å². The fourth-order valence-electron chi connectivity index (χ4n) is 3.80. The summed E-state index contributed by atoms with van der Waals surface area (Å²) in [5.74, 6) is 0. The van der Waals surface area contributed by atoms with Crippen LogP contribution in [0, 0.1) is 12.3 Å². The molecule has 3 saturated carbocycles. The van der Waals surface area contributed by atoms with E-state index in [1.54, 1.807) is 24.3 Å². The number of aryl methyl sites for hydroxylation is 1. The Morgan fingerprint density at radius 2 is 1.79 bits per heavy atom. The number of nitrogens with zero attached hydrogens (tertiary/aromatic N) is 1. The maximum absolute atomic E-state index is 12.5. The molecular weight excluding hydrogens is 324 g/mol. The summed E-state index contributed by atoms with van der Waals surface area (Å²) >= 11 is 0. The Bertz CT molecular complexity index is 730. The second-order valence-electron chi connectivity index (χ2n) is 7.32. The zero-order valence-electron chi connectivity index (χ0n) is 14.6. The Morgan fingerprint density at radius 1 is 1.17 bits per heavy atom. The minimum atomic E-state index is -3.63. The van der Waals surface area contributed by atoms with E-state index in [0.717, 1.165) is 37.0 Å². The second kappa shape index (κ2) is 6.15. The van der Waals surface area contributed by atoms with E-state index in [1.807, 2.05) is 13.8 Å². The highest BCUT2D eigenvalue weighted by Gasteiger charge is 2.51. The molecule has 1 aromatic carbocycles. The maximum Gasteiger partial charge on any atom is 0.276 e. The Hall–Kier alpha value is -1.40. The van der Waals surface area contributed by atoms with Crippen molar-refractivity contribution >= 4 is 15.7 Å². The van der Waals surface area contributed by atoms with Gasteiger partial charge in [-0.2, -0.15) is 13.5 Å². The van der Waals surface area contributed by atoms with Gasteiger partial charge in [-0.05, 0) is 51.7 Å². The van der Waals surface area contributed by atoms with Gasteiger partial charge >= 0.3 is 0 Å². The molecule has 2 bridgehead atoms. The quantitative estimate of drug-likeness (QED) is 0.828. The lowest BCUT2D eigenvalue weighted by Crippen LogP contribution is -2.53. The molecule has 0 aromatic heterocycles. The average molecular weight is 350 g/mol. The summed E-state index contributed by atoms with van der Waals surface area (Å²) in [7, 11) is -3.63. The first-order chi connectivity index (χ1) is 11.3. The molecule has 24 heavy (non-hydrogen) atoms. The van der Waals surface area contributed by atoms with Gasteiger partial charge in [-0.3, -0.25) is 0 Å². The van der Waals surface area contributed by atoms with Crippen LogP contribution in [0.3, 0.4) is 0 Å². The van der Waals surface area contributed by atoms with Gasteiger partial charge in [0.15, 0.2) is 0 Å². The molecule has 0 radical (unpaired) electrons. The van der Waals surface area contributed by atoms with Crippen LogP contribution >= 0.6 is 0 Å². The second-order valence-corrected chi connectivity index (χ2v) is 8.98. The molecule has 0 spiro atoms.